The van der Waals surface area contributed by atoms with Gasteiger partial charge in [0.05, 0.1) is 10.4 Å². The first-order valence-corrected chi connectivity index (χ1v) is 5.57. The van der Waals surface area contributed by atoms with Crippen LogP contribution < -0.4 is 0 Å². The van der Waals surface area contributed by atoms with Gasteiger partial charge in [0.2, 0.25) is 5.78 Å². The van der Waals surface area contributed by atoms with E-state index in [2.05, 4.69) is 9.97 Å². The molecule has 0 atom stereocenters. The summed E-state index contributed by atoms with van der Waals surface area (Å²) in [6, 6.07) is 1.99. The molecule has 0 unspecified atom stereocenters. The smallest absolute Gasteiger partial charge is 0.206 e. The molecule has 0 aromatic carbocycles. The molecular weight excluding hydrogens is 208 g/mol. The Morgan fingerprint density at radius 2 is 2.13 bits per heavy atom. The zero-order valence-electron chi connectivity index (χ0n) is 8.30. The molecular formula is C11H10N2OS. The van der Waals surface area contributed by atoms with Gasteiger partial charge < -0.3 is 0 Å². The molecule has 0 amide bonds. The Hall–Kier alpha value is -1.55. The summed E-state index contributed by atoms with van der Waals surface area (Å²) < 4.78 is 0. The van der Waals surface area contributed by atoms with Crippen LogP contribution in [0.3, 0.4) is 0 Å². The Labute approximate surface area is 91.8 Å². The lowest BCUT2D eigenvalue weighted by Crippen LogP contribution is -2.02. The average molecular weight is 218 g/mol. The second kappa shape index (κ2) is 4.31. The number of aromatic nitrogens is 2. The van der Waals surface area contributed by atoms with Crippen LogP contribution >= 0.6 is 11.3 Å². The van der Waals surface area contributed by atoms with Gasteiger partial charge in [-0.2, -0.15) is 0 Å². The molecule has 0 aliphatic carbocycles. The predicted molar refractivity (Wildman–Crippen MR) is 59.2 cm³/mol. The fraction of sp³-hybridized carbons (Fsp3) is 0.182. The minimum atomic E-state index is 0.0162. The second-order valence-corrected chi connectivity index (χ2v) is 4.00. The van der Waals surface area contributed by atoms with Crippen molar-refractivity contribution >= 4 is 17.1 Å². The first kappa shape index (κ1) is 9.98. The van der Waals surface area contributed by atoms with E-state index >= 15 is 0 Å². The quantitative estimate of drug-likeness (QED) is 0.742. The second-order valence-electron chi connectivity index (χ2n) is 3.08. The van der Waals surface area contributed by atoms with Crippen LogP contribution in [0.2, 0.25) is 0 Å². The lowest BCUT2D eigenvalue weighted by Gasteiger charge is -1.99. The molecule has 0 fully saturated rings. The van der Waals surface area contributed by atoms with Crippen LogP contribution in [0.1, 0.15) is 27.7 Å². The van der Waals surface area contributed by atoms with E-state index in [1.54, 1.807) is 12.4 Å². The van der Waals surface area contributed by atoms with E-state index in [0.717, 1.165) is 16.9 Å². The average Bonchev–Trinajstić information content (AvgIpc) is 2.77. The molecule has 0 aliphatic rings. The third kappa shape index (κ3) is 1.94. The van der Waals surface area contributed by atoms with Crippen molar-refractivity contribution in [2.75, 3.05) is 0 Å². The monoisotopic (exact) mass is 218 g/mol. The van der Waals surface area contributed by atoms with Crippen LogP contribution in [-0.4, -0.2) is 15.8 Å². The maximum atomic E-state index is 12.0. The van der Waals surface area contributed by atoms with Crippen LogP contribution in [0.15, 0.2) is 30.2 Å². The first-order valence-electron chi connectivity index (χ1n) is 4.69. The Morgan fingerprint density at radius 1 is 1.40 bits per heavy atom. The van der Waals surface area contributed by atoms with Crippen molar-refractivity contribution in [3.05, 3.63) is 46.2 Å². The van der Waals surface area contributed by atoms with Gasteiger partial charge in [-0.15, -0.1) is 11.3 Å². The minimum Gasteiger partial charge on any atom is -0.288 e. The third-order valence-corrected chi connectivity index (χ3v) is 3.11. The lowest BCUT2D eigenvalue weighted by atomic mass is 10.1. The van der Waals surface area contributed by atoms with Crippen molar-refractivity contribution in [2.45, 2.75) is 13.3 Å². The van der Waals surface area contributed by atoms with E-state index < -0.39 is 0 Å². The summed E-state index contributed by atoms with van der Waals surface area (Å²) in [5.41, 5.74) is 1.64. The summed E-state index contributed by atoms with van der Waals surface area (Å²) in [7, 11) is 0. The number of rotatable bonds is 3. The highest BCUT2D eigenvalue weighted by Crippen LogP contribution is 2.20. The minimum absolute atomic E-state index is 0.0162. The number of hydrogen-bond acceptors (Lipinski definition) is 4. The molecule has 0 N–H and O–H groups in total. The Kier molecular flexibility index (Phi) is 2.87. The van der Waals surface area contributed by atoms with Crippen molar-refractivity contribution in [1.29, 1.82) is 0 Å². The highest BCUT2D eigenvalue weighted by atomic mass is 32.1. The van der Waals surface area contributed by atoms with Crippen molar-refractivity contribution < 1.29 is 4.79 Å². The third-order valence-electron chi connectivity index (χ3n) is 2.16. The number of ketones is 1. The van der Waals surface area contributed by atoms with E-state index in [9.17, 15) is 4.79 Å². The largest absolute Gasteiger partial charge is 0.288 e. The van der Waals surface area contributed by atoms with Gasteiger partial charge in [-0.3, -0.25) is 4.79 Å². The molecule has 0 spiro atoms. The van der Waals surface area contributed by atoms with Crippen molar-refractivity contribution in [1.82, 2.24) is 9.97 Å². The number of aryl methyl sites for hydroxylation is 1. The van der Waals surface area contributed by atoms with Crippen molar-refractivity contribution in [2.24, 2.45) is 0 Å². The van der Waals surface area contributed by atoms with Gasteiger partial charge in [0.1, 0.15) is 6.33 Å². The molecule has 0 saturated carbocycles. The van der Waals surface area contributed by atoms with Crippen molar-refractivity contribution in [3.63, 3.8) is 0 Å². The van der Waals surface area contributed by atoms with Gasteiger partial charge in [-0.1, -0.05) is 6.92 Å². The van der Waals surface area contributed by atoms with E-state index in [0.29, 0.717) is 5.56 Å². The fourth-order valence-corrected chi connectivity index (χ4v) is 2.32. The van der Waals surface area contributed by atoms with E-state index in [1.165, 1.54) is 17.7 Å². The summed E-state index contributed by atoms with van der Waals surface area (Å²) in [6.07, 6.45) is 5.40. The molecule has 3 nitrogen and oxygen atoms in total. The summed E-state index contributed by atoms with van der Waals surface area (Å²) in [5, 5.41) is 1.94. The molecule has 76 valence electrons. The number of nitrogens with zero attached hydrogens (tertiary/aromatic N) is 2. The van der Waals surface area contributed by atoms with Crippen LogP contribution in [0.4, 0.5) is 0 Å². The summed E-state index contributed by atoms with van der Waals surface area (Å²) in [6.45, 7) is 2.04. The lowest BCUT2D eigenvalue weighted by molar-refractivity contribution is 0.104. The van der Waals surface area contributed by atoms with E-state index in [-0.39, 0.29) is 5.78 Å². The molecule has 0 aliphatic heterocycles. The normalized spacial score (nSPS) is 10.2. The number of carbonyl (C=O) groups excluding carboxylic acids is 1. The maximum absolute atomic E-state index is 12.0. The Morgan fingerprint density at radius 3 is 2.80 bits per heavy atom. The fourth-order valence-electron chi connectivity index (χ4n) is 1.36. The number of thiophene rings is 1. The van der Waals surface area contributed by atoms with Crippen molar-refractivity contribution in [3.8, 4) is 0 Å². The number of carbonyl (C=O) groups is 1. The SMILES string of the molecule is CCc1ccsc1C(=O)c1cncnc1. The van der Waals surface area contributed by atoms with Crippen LogP contribution in [0, 0.1) is 0 Å². The summed E-state index contributed by atoms with van der Waals surface area (Å²) >= 11 is 1.47. The molecule has 2 aromatic rings. The standard InChI is InChI=1S/C11H10N2OS/c1-2-8-3-4-15-11(8)10(14)9-5-12-7-13-6-9/h3-7H,2H2,1H3. The molecule has 2 aromatic heterocycles. The van der Waals surface area contributed by atoms with Gasteiger partial charge in [0.25, 0.3) is 0 Å². The van der Waals surface area contributed by atoms with Crippen LogP contribution in [0.25, 0.3) is 0 Å². The molecule has 0 radical (unpaired) electrons. The Bertz CT molecular complexity index is 464. The van der Waals surface area contributed by atoms with Gasteiger partial charge in [-0.25, -0.2) is 9.97 Å². The van der Waals surface area contributed by atoms with E-state index in [1.807, 2.05) is 18.4 Å². The first-order chi connectivity index (χ1) is 7.33. The molecule has 0 saturated heterocycles. The summed E-state index contributed by atoms with van der Waals surface area (Å²) in [4.78, 5) is 20.5. The maximum Gasteiger partial charge on any atom is 0.206 e. The highest BCUT2D eigenvalue weighted by Gasteiger charge is 2.14. The molecule has 4 heteroatoms. The van der Waals surface area contributed by atoms with Crippen LogP contribution in [0.5, 0.6) is 0 Å². The molecule has 0 bridgehead atoms. The predicted octanol–water partition coefficient (Wildman–Crippen LogP) is 2.33. The molecule has 2 heterocycles. The van der Waals surface area contributed by atoms with Gasteiger partial charge in [0.15, 0.2) is 0 Å². The van der Waals surface area contributed by atoms with Gasteiger partial charge in [0, 0.05) is 12.4 Å². The zero-order chi connectivity index (χ0) is 10.7. The molecule has 15 heavy (non-hydrogen) atoms. The van der Waals surface area contributed by atoms with E-state index in [4.69, 9.17) is 0 Å². The highest BCUT2D eigenvalue weighted by molar-refractivity contribution is 7.12. The number of hydrogen-bond donors (Lipinski definition) is 0. The van der Waals surface area contributed by atoms with Crippen LogP contribution in [-0.2, 0) is 6.42 Å². The van der Waals surface area contributed by atoms with Gasteiger partial charge in [-0.05, 0) is 23.4 Å². The topological polar surface area (TPSA) is 42.9 Å². The van der Waals surface area contributed by atoms with Gasteiger partial charge >= 0.3 is 0 Å². The summed E-state index contributed by atoms with van der Waals surface area (Å²) in [5.74, 6) is 0.0162. The Balaban J connectivity index is 2.37. The molecule has 2 rings (SSSR count). The zero-order valence-corrected chi connectivity index (χ0v) is 9.12.